The molecule has 0 amide bonds. The van der Waals surface area contributed by atoms with E-state index in [-0.39, 0.29) is 6.04 Å². The van der Waals surface area contributed by atoms with Crippen molar-refractivity contribution in [3.63, 3.8) is 0 Å². The summed E-state index contributed by atoms with van der Waals surface area (Å²) in [6.45, 7) is 10.5. The molecule has 0 radical (unpaired) electrons. The van der Waals surface area contributed by atoms with Gasteiger partial charge in [0.1, 0.15) is 10.7 Å². The van der Waals surface area contributed by atoms with Crippen LogP contribution < -0.4 is 4.72 Å². The minimum atomic E-state index is -3.54. The molecule has 0 fully saturated rings. The number of sulfonamides is 1. The molecule has 23 heavy (non-hydrogen) atoms. The zero-order valence-electron chi connectivity index (χ0n) is 14.4. The van der Waals surface area contributed by atoms with Crippen molar-refractivity contribution in [3.8, 4) is 0 Å². The van der Waals surface area contributed by atoms with Crippen LogP contribution in [0.5, 0.6) is 0 Å². The largest absolute Gasteiger partial charge is 0.335 e. The van der Waals surface area contributed by atoms with Crippen LogP contribution in [0.4, 0.5) is 0 Å². The van der Waals surface area contributed by atoms with Crippen LogP contribution in [-0.4, -0.2) is 34.3 Å². The topological polar surface area (TPSA) is 81.8 Å². The number of rotatable bonds is 7. The first-order valence-corrected chi connectivity index (χ1v) is 9.25. The number of aromatic nitrogens is 4. The van der Waals surface area contributed by atoms with Gasteiger partial charge >= 0.3 is 0 Å². The molecule has 0 atom stereocenters. The summed E-state index contributed by atoms with van der Waals surface area (Å²) in [6, 6.07) is 0.127. The second-order valence-electron chi connectivity index (χ2n) is 5.96. The van der Waals surface area contributed by atoms with Crippen LogP contribution in [0.1, 0.15) is 43.5 Å². The number of hydrogen-bond donors (Lipinski definition) is 1. The Bertz CT molecular complexity index is 774. The Labute approximate surface area is 137 Å². The minimum absolute atomic E-state index is 0.127. The van der Waals surface area contributed by atoms with Crippen LogP contribution in [0.2, 0.25) is 0 Å². The zero-order valence-corrected chi connectivity index (χ0v) is 15.2. The van der Waals surface area contributed by atoms with Crippen molar-refractivity contribution < 1.29 is 8.42 Å². The van der Waals surface area contributed by atoms with Crippen LogP contribution in [0.3, 0.4) is 0 Å². The Morgan fingerprint density at radius 2 is 1.96 bits per heavy atom. The molecule has 2 heterocycles. The number of nitrogens with zero attached hydrogens (tertiary/aromatic N) is 4. The van der Waals surface area contributed by atoms with Crippen molar-refractivity contribution in [2.45, 2.75) is 58.5 Å². The summed E-state index contributed by atoms with van der Waals surface area (Å²) >= 11 is 0. The van der Waals surface area contributed by atoms with Crippen LogP contribution in [0, 0.1) is 20.8 Å². The highest BCUT2D eigenvalue weighted by molar-refractivity contribution is 7.89. The maximum absolute atomic E-state index is 12.6. The average molecular weight is 339 g/mol. The Morgan fingerprint density at radius 1 is 1.26 bits per heavy atom. The van der Waals surface area contributed by atoms with Crippen LogP contribution in [-0.2, 0) is 16.6 Å². The van der Waals surface area contributed by atoms with Gasteiger partial charge in [-0.15, -0.1) is 0 Å². The van der Waals surface area contributed by atoms with Crippen molar-refractivity contribution in [3.05, 3.63) is 29.6 Å². The van der Waals surface area contributed by atoms with Crippen molar-refractivity contribution in [2.24, 2.45) is 0 Å². The average Bonchev–Trinajstić information content (AvgIpc) is 2.98. The molecule has 2 aromatic rings. The molecule has 0 unspecified atom stereocenters. The van der Waals surface area contributed by atoms with Gasteiger partial charge in [-0.2, -0.15) is 5.10 Å². The van der Waals surface area contributed by atoms with Crippen LogP contribution in [0.25, 0.3) is 0 Å². The van der Waals surface area contributed by atoms with E-state index in [0.29, 0.717) is 29.2 Å². The molecule has 0 aromatic carbocycles. The Hall–Kier alpha value is -1.67. The van der Waals surface area contributed by atoms with Gasteiger partial charge in [-0.05, 0) is 41.0 Å². The molecule has 2 rings (SSSR count). The molecule has 1 N–H and O–H groups in total. The Kier molecular flexibility index (Phi) is 5.26. The van der Waals surface area contributed by atoms with Gasteiger partial charge in [-0.3, -0.25) is 4.68 Å². The van der Waals surface area contributed by atoms with Gasteiger partial charge in [0.15, 0.2) is 0 Å². The van der Waals surface area contributed by atoms with Gasteiger partial charge in [0.2, 0.25) is 10.0 Å². The first-order chi connectivity index (χ1) is 10.7. The fourth-order valence-electron chi connectivity index (χ4n) is 2.71. The molecule has 0 aliphatic heterocycles. The first-order valence-electron chi connectivity index (χ1n) is 7.77. The third-order valence-corrected chi connectivity index (χ3v) is 5.52. The highest BCUT2D eigenvalue weighted by Crippen LogP contribution is 2.21. The molecule has 7 nitrogen and oxygen atoms in total. The van der Waals surface area contributed by atoms with Gasteiger partial charge in [0.25, 0.3) is 0 Å². The highest BCUT2D eigenvalue weighted by Gasteiger charge is 2.24. The monoisotopic (exact) mass is 339 g/mol. The lowest BCUT2D eigenvalue weighted by atomic mass is 10.3. The van der Waals surface area contributed by atoms with E-state index in [1.807, 2.05) is 31.5 Å². The SMILES string of the molecule is Cc1nn(C(C)C)c(C)c1S(=O)(=O)NCCCn1ccnc1C. The van der Waals surface area contributed by atoms with E-state index in [0.717, 1.165) is 12.4 Å². The number of imidazole rings is 1. The molecule has 0 spiro atoms. The maximum Gasteiger partial charge on any atom is 0.244 e. The van der Waals surface area contributed by atoms with Crippen molar-refractivity contribution in [1.82, 2.24) is 24.1 Å². The number of nitrogens with one attached hydrogen (secondary N) is 1. The fraction of sp³-hybridized carbons (Fsp3) is 0.600. The van der Waals surface area contributed by atoms with Crippen LogP contribution in [0.15, 0.2) is 17.3 Å². The molecular weight excluding hydrogens is 314 g/mol. The summed E-state index contributed by atoms with van der Waals surface area (Å²) in [6.07, 6.45) is 4.34. The predicted molar refractivity (Wildman–Crippen MR) is 88.9 cm³/mol. The molecule has 0 bridgehead atoms. The van der Waals surface area contributed by atoms with Crippen molar-refractivity contribution in [1.29, 1.82) is 0 Å². The molecule has 0 aliphatic rings. The molecule has 0 aliphatic carbocycles. The lowest BCUT2D eigenvalue weighted by Gasteiger charge is -2.10. The second-order valence-corrected chi connectivity index (χ2v) is 7.66. The molecule has 2 aromatic heterocycles. The zero-order chi connectivity index (χ0) is 17.2. The Balaban J connectivity index is 2.03. The first kappa shape index (κ1) is 17.7. The maximum atomic E-state index is 12.6. The summed E-state index contributed by atoms with van der Waals surface area (Å²) in [7, 11) is -3.54. The fourth-order valence-corrected chi connectivity index (χ4v) is 4.18. The highest BCUT2D eigenvalue weighted by atomic mass is 32.2. The lowest BCUT2D eigenvalue weighted by Crippen LogP contribution is -2.26. The minimum Gasteiger partial charge on any atom is -0.335 e. The molecule has 8 heteroatoms. The van der Waals surface area contributed by atoms with Gasteiger partial charge in [-0.25, -0.2) is 18.1 Å². The van der Waals surface area contributed by atoms with E-state index in [1.54, 1.807) is 24.7 Å². The summed E-state index contributed by atoms with van der Waals surface area (Å²) in [5.74, 6) is 0.928. The van der Waals surface area contributed by atoms with E-state index in [2.05, 4.69) is 14.8 Å². The molecule has 0 saturated carbocycles. The summed E-state index contributed by atoms with van der Waals surface area (Å²) in [5.41, 5.74) is 1.21. The third kappa shape index (κ3) is 3.81. The van der Waals surface area contributed by atoms with Gasteiger partial charge in [-0.1, -0.05) is 0 Å². The number of aryl methyl sites for hydroxylation is 3. The van der Waals surface area contributed by atoms with Gasteiger partial charge in [0, 0.05) is 31.5 Å². The molecule has 0 saturated heterocycles. The lowest BCUT2D eigenvalue weighted by molar-refractivity contribution is 0.514. The van der Waals surface area contributed by atoms with E-state index >= 15 is 0 Å². The van der Waals surface area contributed by atoms with E-state index in [4.69, 9.17) is 0 Å². The van der Waals surface area contributed by atoms with Crippen molar-refractivity contribution in [2.75, 3.05) is 6.54 Å². The second kappa shape index (κ2) is 6.84. The Morgan fingerprint density at radius 3 is 2.48 bits per heavy atom. The third-order valence-electron chi connectivity index (χ3n) is 3.81. The summed E-state index contributed by atoms with van der Waals surface area (Å²) in [5, 5.41) is 4.34. The van der Waals surface area contributed by atoms with Crippen molar-refractivity contribution >= 4 is 10.0 Å². The summed E-state index contributed by atoms with van der Waals surface area (Å²) < 4.78 is 31.5. The normalized spacial score (nSPS) is 12.3. The predicted octanol–water partition coefficient (Wildman–Crippen LogP) is 1.95. The summed E-state index contributed by atoms with van der Waals surface area (Å²) in [4.78, 5) is 4.44. The van der Waals surface area contributed by atoms with E-state index in [9.17, 15) is 8.42 Å². The van der Waals surface area contributed by atoms with Gasteiger partial charge in [0.05, 0.1) is 11.4 Å². The number of hydrogen-bond acceptors (Lipinski definition) is 4. The molecular formula is C15H25N5O2S. The quantitative estimate of drug-likeness (QED) is 0.782. The van der Waals surface area contributed by atoms with Crippen LogP contribution >= 0.6 is 0 Å². The standard InChI is InChI=1S/C15H25N5O2S/c1-11(2)20-13(4)15(12(3)18-20)23(21,22)17-7-6-9-19-10-8-16-14(19)5/h8,10-11,17H,6-7,9H2,1-5H3. The molecule has 128 valence electrons. The van der Waals surface area contributed by atoms with Gasteiger partial charge < -0.3 is 4.57 Å². The smallest absolute Gasteiger partial charge is 0.244 e. The van der Waals surface area contributed by atoms with E-state index < -0.39 is 10.0 Å². The van der Waals surface area contributed by atoms with E-state index in [1.165, 1.54) is 0 Å².